The highest BCUT2D eigenvalue weighted by Crippen LogP contribution is 2.38. The lowest BCUT2D eigenvalue weighted by molar-refractivity contribution is 0.314. The Bertz CT molecular complexity index is 1080. The number of phenols is 1. The minimum absolute atomic E-state index is 0.105. The molecule has 0 fully saturated rings. The number of para-hydroxylation sites is 1. The predicted octanol–water partition coefficient (Wildman–Crippen LogP) is 5.30. The Morgan fingerprint density at radius 1 is 0.906 bits per heavy atom. The second-order valence-corrected chi connectivity index (χ2v) is 7.44. The molecule has 0 amide bonds. The van der Waals surface area contributed by atoms with Crippen LogP contribution in [0.25, 0.3) is 5.70 Å². The van der Waals surface area contributed by atoms with E-state index in [1.54, 1.807) is 18.2 Å². The molecule has 5 nitrogen and oxygen atoms in total. The van der Waals surface area contributed by atoms with Gasteiger partial charge >= 0.3 is 0 Å². The van der Waals surface area contributed by atoms with Crippen molar-refractivity contribution in [3.8, 4) is 17.2 Å². The summed E-state index contributed by atoms with van der Waals surface area (Å²) >= 11 is 0. The molecule has 0 saturated carbocycles. The summed E-state index contributed by atoms with van der Waals surface area (Å²) in [4.78, 5) is 0. The van der Waals surface area contributed by atoms with E-state index in [2.05, 4.69) is 10.6 Å². The normalized spacial score (nSPS) is 17.9. The molecule has 1 aliphatic rings. The van der Waals surface area contributed by atoms with Gasteiger partial charge in [-0.2, -0.15) is 0 Å². The van der Waals surface area contributed by atoms with Crippen LogP contribution in [0.4, 0.5) is 4.39 Å². The van der Waals surface area contributed by atoms with Gasteiger partial charge in [0.2, 0.25) is 0 Å². The average Bonchev–Trinajstić information content (AvgIpc) is 2.81. The fourth-order valence-corrected chi connectivity index (χ4v) is 3.79. The molecule has 0 aromatic heterocycles. The Balaban J connectivity index is 1.73. The molecule has 0 radical (unpaired) electrons. The van der Waals surface area contributed by atoms with Crippen molar-refractivity contribution < 1.29 is 19.0 Å². The first-order valence-corrected chi connectivity index (χ1v) is 10.8. The van der Waals surface area contributed by atoms with Crippen LogP contribution in [0.3, 0.4) is 0 Å². The molecule has 3 aromatic rings. The third-order valence-corrected chi connectivity index (χ3v) is 5.32. The zero-order valence-corrected chi connectivity index (χ0v) is 18.1. The van der Waals surface area contributed by atoms with Crippen LogP contribution in [0.2, 0.25) is 0 Å². The lowest BCUT2D eigenvalue weighted by Crippen LogP contribution is -2.39. The average molecular weight is 435 g/mol. The minimum atomic E-state index is -0.298. The number of benzene rings is 3. The molecule has 3 N–H and O–H groups in total. The molecule has 1 heterocycles. The first-order chi connectivity index (χ1) is 15.6. The van der Waals surface area contributed by atoms with E-state index >= 15 is 0 Å². The van der Waals surface area contributed by atoms with Crippen LogP contribution >= 0.6 is 0 Å². The Kier molecular flexibility index (Phi) is 6.61. The number of phenolic OH excluding ortho intramolecular Hbond substituents is 1. The smallest absolute Gasteiger partial charge is 0.162 e. The van der Waals surface area contributed by atoms with Crippen molar-refractivity contribution in [2.45, 2.75) is 26.1 Å². The lowest BCUT2D eigenvalue weighted by Gasteiger charge is -2.33. The van der Waals surface area contributed by atoms with E-state index in [4.69, 9.17) is 9.47 Å². The molecule has 6 heteroatoms. The molecule has 0 saturated heterocycles. The van der Waals surface area contributed by atoms with E-state index < -0.39 is 0 Å². The molecule has 0 bridgehead atoms. The van der Waals surface area contributed by atoms with Crippen molar-refractivity contribution in [1.29, 1.82) is 0 Å². The standard InChI is InChI=1S/C26H27FN2O3/c1-3-31-20-14-10-17(11-15-20)22-16-23(21-6-5-7-24(25(21)30)32-4-2)29-26(28-22)18-8-12-19(27)13-9-18/h5-16,23,26,28-30H,3-4H2,1-2H3. The quantitative estimate of drug-likeness (QED) is 0.471. The molecule has 3 aromatic carbocycles. The molecule has 1 aliphatic heterocycles. The Hall–Kier alpha value is -3.51. The van der Waals surface area contributed by atoms with E-state index in [0.717, 1.165) is 22.6 Å². The van der Waals surface area contributed by atoms with Crippen LogP contribution in [-0.2, 0) is 0 Å². The Morgan fingerprint density at radius 2 is 1.62 bits per heavy atom. The zero-order valence-electron chi connectivity index (χ0n) is 18.1. The van der Waals surface area contributed by atoms with Gasteiger partial charge < -0.3 is 19.9 Å². The van der Waals surface area contributed by atoms with Crippen molar-refractivity contribution in [2.75, 3.05) is 13.2 Å². The van der Waals surface area contributed by atoms with Crippen molar-refractivity contribution in [2.24, 2.45) is 0 Å². The van der Waals surface area contributed by atoms with Crippen molar-refractivity contribution in [1.82, 2.24) is 10.6 Å². The third kappa shape index (κ3) is 4.70. The number of ether oxygens (including phenoxy) is 2. The Labute approximate surface area is 187 Å². The molecular weight excluding hydrogens is 407 g/mol. The van der Waals surface area contributed by atoms with Crippen molar-refractivity contribution in [3.63, 3.8) is 0 Å². The molecule has 32 heavy (non-hydrogen) atoms. The first kappa shape index (κ1) is 21.7. The highest BCUT2D eigenvalue weighted by atomic mass is 19.1. The van der Waals surface area contributed by atoms with Crippen LogP contribution in [0.15, 0.2) is 72.8 Å². The van der Waals surface area contributed by atoms with Gasteiger partial charge in [0.05, 0.1) is 19.3 Å². The molecule has 4 rings (SSSR count). The topological polar surface area (TPSA) is 62.8 Å². The summed E-state index contributed by atoms with van der Waals surface area (Å²) in [5.41, 5.74) is 3.46. The molecule has 2 unspecified atom stereocenters. The molecule has 2 atom stereocenters. The van der Waals surface area contributed by atoms with Crippen LogP contribution < -0.4 is 20.1 Å². The third-order valence-electron chi connectivity index (χ3n) is 5.32. The van der Waals surface area contributed by atoms with Gasteiger partial charge in [0.15, 0.2) is 11.5 Å². The molecular formula is C26H27FN2O3. The van der Waals surface area contributed by atoms with Gasteiger partial charge in [0.1, 0.15) is 17.7 Å². The molecule has 0 spiro atoms. The summed E-state index contributed by atoms with van der Waals surface area (Å²) in [6.07, 6.45) is 1.74. The van der Waals surface area contributed by atoms with Gasteiger partial charge in [-0.25, -0.2) is 4.39 Å². The second-order valence-electron chi connectivity index (χ2n) is 7.44. The summed E-state index contributed by atoms with van der Waals surface area (Å²) in [5, 5.41) is 17.8. The minimum Gasteiger partial charge on any atom is -0.504 e. The fourth-order valence-electron chi connectivity index (χ4n) is 3.79. The number of aromatic hydroxyl groups is 1. The van der Waals surface area contributed by atoms with Crippen molar-refractivity contribution in [3.05, 3.63) is 95.3 Å². The van der Waals surface area contributed by atoms with Gasteiger partial charge in [-0.3, -0.25) is 5.32 Å². The van der Waals surface area contributed by atoms with E-state index in [1.807, 2.05) is 56.3 Å². The van der Waals surface area contributed by atoms with E-state index in [9.17, 15) is 9.50 Å². The number of nitrogens with one attached hydrogen (secondary N) is 2. The largest absolute Gasteiger partial charge is 0.504 e. The lowest BCUT2D eigenvalue weighted by atomic mass is 9.97. The summed E-state index contributed by atoms with van der Waals surface area (Å²) in [5.74, 6) is 1.07. The van der Waals surface area contributed by atoms with E-state index in [0.29, 0.717) is 24.5 Å². The fraction of sp³-hybridized carbons (Fsp3) is 0.231. The molecule has 0 aliphatic carbocycles. The predicted molar refractivity (Wildman–Crippen MR) is 123 cm³/mol. The van der Waals surface area contributed by atoms with Crippen LogP contribution in [0, 0.1) is 5.82 Å². The maximum absolute atomic E-state index is 13.5. The summed E-state index contributed by atoms with van der Waals surface area (Å²) in [6, 6.07) is 19.4. The SMILES string of the molecule is CCOc1ccc(C2=CC(c3cccc(OCC)c3O)NC(c3ccc(F)cc3)N2)cc1. The van der Waals surface area contributed by atoms with Gasteiger partial charge in [-0.1, -0.05) is 24.3 Å². The number of rotatable bonds is 7. The maximum atomic E-state index is 13.5. The number of halogens is 1. The van der Waals surface area contributed by atoms with Crippen LogP contribution in [-0.4, -0.2) is 18.3 Å². The van der Waals surface area contributed by atoms with Gasteiger partial charge in [0.25, 0.3) is 0 Å². The van der Waals surface area contributed by atoms with Gasteiger partial charge in [-0.15, -0.1) is 0 Å². The maximum Gasteiger partial charge on any atom is 0.162 e. The number of hydrogen-bond acceptors (Lipinski definition) is 5. The molecule has 166 valence electrons. The summed E-state index contributed by atoms with van der Waals surface area (Å²) in [6.45, 7) is 4.89. The van der Waals surface area contributed by atoms with Crippen LogP contribution in [0.1, 0.15) is 42.7 Å². The first-order valence-electron chi connectivity index (χ1n) is 10.8. The number of hydrogen-bond donors (Lipinski definition) is 3. The zero-order chi connectivity index (χ0) is 22.5. The Morgan fingerprint density at radius 3 is 2.31 bits per heavy atom. The van der Waals surface area contributed by atoms with Gasteiger partial charge in [-0.05, 0) is 73.5 Å². The van der Waals surface area contributed by atoms with Crippen LogP contribution in [0.5, 0.6) is 17.2 Å². The van der Waals surface area contributed by atoms with E-state index in [-0.39, 0.29) is 23.8 Å². The summed E-state index contributed by atoms with van der Waals surface area (Å²) < 4.78 is 24.6. The highest BCUT2D eigenvalue weighted by molar-refractivity contribution is 5.67. The monoisotopic (exact) mass is 434 g/mol. The second kappa shape index (κ2) is 9.75. The van der Waals surface area contributed by atoms with Crippen molar-refractivity contribution >= 4 is 5.70 Å². The highest BCUT2D eigenvalue weighted by Gasteiger charge is 2.26. The summed E-state index contributed by atoms with van der Waals surface area (Å²) in [7, 11) is 0. The van der Waals surface area contributed by atoms with E-state index in [1.165, 1.54) is 12.1 Å². The van der Waals surface area contributed by atoms with Gasteiger partial charge in [0, 0.05) is 11.3 Å².